The Morgan fingerprint density at radius 1 is 1.22 bits per heavy atom. The molecule has 36 heavy (non-hydrogen) atoms. The largest absolute Gasteiger partial charge is 0.493 e. The third-order valence-electron chi connectivity index (χ3n) is 5.33. The quantitative estimate of drug-likeness (QED) is 0.184. The number of halogens is 2. The van der Waals surface area contributed by atoms with E-state index < -0.39 is 0 Å². The molecule has 0 amide bonds. The first kappa shape index (κ1) is 23.7. The standard InChI is InChI=1S/C27H17BrClN3O4/c1-3-10-35-25-20(28)11-16(12-23(25)34-2)15-30-32-26(31-21-7-5-4-6-19(21)27(32)33)24-14-17-13-18(29)8-9-22(17)36-24/h1,4-9,11-15H,10H2,2H3. The minimum Gasteiger partial charge on any atom is -0.493 e. The Kier molecular flexibility index (Phi) is 6.51. The molecule has 0 aliphatic rings. The summed E-state index contributed by atoms with van der Waals surface area (Å²) >= 11 is 9.61. The molecule has 178 valence electrons. The molecule has 0 saturated heterocycles. The minimum absolute atomic E-state index is 0.0899. The van der Waals surface area contributed by atoms with Crippen molar-refractivity contribution in [3.63, 3.8) is 0 Å². The fourth-order valence-electron chi connectivity index (χ4n) is 3.71. The first-order chi connectivity index (χ1) is 17.5. The van der Waals surface area contributed by atoms with Gasteiger partial charge in [-0.25, -0.2) is 4.98 Å². The summed E-state index contributed by atoms with van der Waals surface area (Å²) in [4.78, 5) is 18.1. The molecular weight excluding hydrogens is 546 g/mol. The van der Waals surface area contributed by atoms with Gasteiger partial charge in [0.25, 0.3) is 5.56 Å². The van der Waals surface area contributed by atoms with Crippen LogP contribution in [0, 0.1) is 12.3 Å². The summed E-state index contributed by atoms with van der Waals surface area (Å²) in [7, 11) is 1.52. The maximum atomic E-state index is 13.4. The molecule has 0 spiro atoms. The van der Waals surface area contributed by atoms with Gasteiger partial charge < -0.3 is 13.9 Å². The van der Waals surface area contributed by atoms with Crippen molar-refractivity contribution in [3.8, 4) is 35.4 Å². The van der Waals surface area contributed by atoms with Crippen molar-refractivity contribution in [2.45, 2.75) is 0 Å². The molecule has 0 aliphatic heterocycles. The first-order valence-electron chi connectivity index (χ1n) is 10.7. The van der Waals surface area contributed by atoms with E-state index in [2.05, 4.69) is 31.9 Å². The van der Waals surface area contributed by atoms with Crippen LogP contribution in [-0.4, -0.2) is 29.6 Å². The van der Waals surface area contributed by atoms with Crippen molar-refractivity contribution in [1.29, 1.82) is 0 Å². The van der Waals surface area contributed by atoms with Crippen molar-refractivity contribution in [3.05, 3.63) is 86.1 Å². The van der Waals surface area contributed by atoms with E-state index in [4.69, 9.17) is 31.9 Å². The average Bonchev–Trinajstić information content (AvgIpc) is 3.30. The summed E-state index contributed by atoms with van der Waals surface area (Å²) in [6.07, 6.45) is 6.83. The molecule has 5 rings (SSSR count). The lowest BCUT2D eigenvalue weighted by Crippen LogP contribution is -2.20. The molecule has 0 radical (unpaired) electrons. The number of rotatable bonds is 6. The van der Waals surface area contributed by atoms with E-state index in [9.17, 15) is 4.79 Å². The van der Waals surface area contributed by atoms with Gasteiger partial charge in [-0.3, -0.25) is 4.79 Å². The van der Waals surface area contributed by atoms with E-state index in [1.54, 1.807) is 54.6 Å². The molecule has 0 atom stereocenters. The van der Waals surface area contributed by atoms with Gasteiger partial charge in [0.2, 0.25) is 5.82 Å². The van der Waals surface area contributed by atoms with E-state index in [-0.39, 0.29) is 18.0 Å². The number of ether oxygens (including phenoxy) is 2. The van der Waals surface area contributed by atoms with Gasteiger partial charge in [0.1, 0.15) is 12.2 Å². The first-order valence-corrected chi connectivity index (χ1v) is 11.8. The van der Waals surface area contributed by atoms with Crippen molar-refractivity contribution >= 4 is 55.6 Å². The van der Waals surface area contributed by atoms with Crippen LogP contribution in [0.2, 0.25) is 5.02 Å². The number of furan rings is 1. The second-order valence-electron chi connectivity index (χ2n) is 7.63. The molecule has 0 N–H and O–H groups in total. The SMILES string of the molecule is C#CCOc1c(Br)cc(C=Nn2c(-c3cc4cc(Cl)ccc4o3)nc3ccccc3c2=O)cc1OC. The van der Waals surface area contributed by atoms with Crippen molar-refractivity contribution in [1.82, 2.24) is 9.66 Å². The molecule has 0 unspecified atom stereocenters. The van der Waals surface area contributed by atoms with E-state index in [1.165, 1.54) is 18.0 Å². The Bertz CT molecular complexity index is 1750. The topological polar surface area (TPSA) is 78.9 Å². The normalized spacial score (nSPS) is 11.3. The van der Waals surface area contributed by atoms with Gasteiger partial charge in [0, 0.05) is 10.4 Å². The number of hydrogen-bond acceptors (Lipinski definition) is 6. The molecule has 7 nitrogen and oxygen atoms in total. The number of fused-ring (bicyclic) bond motifs is 2. The molecule has 9 heteroatoms. The van der Waals surface area contributed by atoms with Gasteiger partial charge in [-0.15, -0.1) is 6.42 Å². The van der Waals surface area contributed by atoms with Crippen LogP contribution in [0.15, 0.2) is 79.4 Å². The minimum atomic E-state index is -0.342. The molecule has 3 aromatic carbocycles. The van der Waals surface area contributed by atoms with Crippen LogP contribution in [0.3, 0.4) is 0 Å². The Morgan fingerprint density at radius 2 is 2.06 bits per heavy atom. The zero-order valence-corrected chi connectivity index (χ0v) is 21.2. The Labute approximate surface area is 219 Å². The molecular formula is C27H17BrClN3O4. The summed E-state index contributed by atoms with van der Waals surface area (Å²) in [5, 5.41) is 6.26. The van der Waals surface area contributed by atoms with Gasteiger partial charge in [-0.1, -0.05) is 29.7 Å². The summed E-state index contributed by atoms with van der Waals surface area (Å²) in [6, 6.07) is 17.6. The van der Waals surface area contributed by atoms with Crippen molar-refractivity contribution in [2.75, 3.05) is 13.7 Å². The van der Waals surface area contributed by atoms with Crippen LogP contribution in [0.5, 0.6) is 11.5 Å². The highest BCUT2D eigenvalue weighted by Gasteiger charge is 2.17. The number of nitrogens with zero attached hydrogens (tertiary/aromatic N) is 3. The van der Waals surface area contributed by atoms with E-state index in [1.807, 2.05) is 6.07 Å². The highest BCUT2D eigenvalue weighted by Crippen LogP contribution is 2.36. The van der Waals surface area contributed by atoms with Gasteiger partial charge >= 0.3 is 0 Å². The third kappa shape index (κ3) is 4.47. The maximum absolute atomic E-state index is 13.4. The maximum Gasteiger partial charge on any atom is 0.282 e. The lowest BCUT2D eigenvalue weighted by Gasteiger charge is -2.12. The number of terminal acetylenes is 1. The van der Waals surface area contributed by atoms with Crippen molar-refractivity contribution < 1.29 is 13.9 Å². The predicted molar refractivity (Wildman–Crippen MR) is 144 cm³/mol. The molecule has 2 heterocycles. The van der Waals surface area contributed by atoms with E-state index in [0.717, 1.165) is 5.39 Å². The zero-order chi connectivity index (χ0) is 25.2. The second kappa shape index (κ2) is 9.90. The predicted octanol–water partition coefficient (Wildman–Crippen LogP) is 6.13. The van der Waals surface area contributed by atoms with Gasteiger partial charge in [0.05, 0.1) is 28.7 Å². The summed E-state index contributed by atoms with van der Waals surface area (Å²) < 4.78 is 18.8. The summed E-state index contributed by atoms with van der Waals surface area (Å²) in [5.41, 5.74) is 1.45. The number of aromatic nitrogens is 2. The number of para-hydroxylation sites is 1. The number of hydrogen-bond donors (Lipinski definition) is 0. The van der Waals surface area contributed by atoms with Crippen LogP contribution in [-0.2, 0) is 0 Å². The smallest absolute Gasteiger partial charge is 0.282 e. The van der Waals surface area contributed by atoms with Crippen molar-refractivity contribution in [2.24, 2.45) is 5.10 Å². The van der Waals surface area contributed by atoms with Crippen LogP contribution in [0.1, 0.15) is 5.56 Å². The van der Waals surface area contributed by atoms with Crippen LogP contribution in [0.4, 0.5) is 0 Å². The van der Waals surface area contributed by atoms with E-state index >= 15 is 0 Å². The van der Waals surface area contributed by atoms with Crippen LogP contribution < -0.4 is 15.0 Å². The lowest BCUT2D eigenvalue weighted by atomic mass is 10.2. The van der Waals surface area contributed by atoms with E-state index in [0.29, 0.717) is 48.8 Å². The highest BCUT2D eigenvalue weighted by atomic mass is 79.9. The number of methoxy groups -OCH3 is 1. The Morgan fingerprint density at radius 3 is 2.86 bits per heavy atom. The monoisotopic (exact) mass is 561 g/mol. The van der Waals surface area contributed by atoms with Crippen LogP contribution in [0.25, 0.3) is 33.5 Å². The average molecular weight is 563 g/mol. The third-order valence-corrected chi connectivity index (χ3v) is 6.15. The van der Waals surface area contributed by atoms with Gasteiger partial charge in [-0.05, 0) is 70.0 Å². The molecule has 0 bridgehead atoms. The second-order valence-corrected chi connectivity index (χ2v) is 8.92. The fraction of sp³-hybridized carbons (Fsp3) is 0.0741. The molecule has 0 aliphatic carbocycles. The summed E-state index contributed by atoms with van der Waals surface area (Å²) in [5.74, 6) is 3.98. The number of benzene rings is 3. The molecule has 0 fully saturated rings. The Balaban J connectivity index is 1.66. The van der Waals surface area contributed by atoms with Gasteiger partial charge in [-0.2, -0.15) is 9.78 Å². The molecule has 0 saturated carbocycles. The summed E-state index contributed by atoms with van der Waals surface area (Å²) in [6.45, 7) is 0.0899. The highest BCUT2D eigenvalue weighted by molar-refractivity contribution is 9.10. The zero-order valence-electron chi connectivity index (χ0n) is 18.9. The fourth-order valence-corrected chi connectivity index (χ4v) is 4.46. The molecule has 2 aromatic heterocycles. The Hall–Kier alpha value is -4.06. The lowest BCUT2D eigenvalue weighted by molar-refractivity contribution is 0.329. The van der Waals surface area contributed by atoms with Gasteiger partial charge in [0.15, 0.2) is 17.3 Å². The molecule has 5 aromatic rings. The van der Waals surface area contributed by atoms with Crippen LogP contribution >= 0.6 is 27.5 Å².